The number of sulfonamides is 1. The van der Waals surface area contributed by atoms with Crippen molar-refractivity contribution < 1.29 is 17.9 Å². The molecule has 0 spiro atoms. The highest BCUT2D eigenvalue weighted by molar-refractivity contribution is 7.89. The van der Waals surface area contributed by atoms with Gasteiger partial charge in [-0.1, -0.05) is 12.1 Å². The molecule has 2 heterocycles. The minimum atomic E-state index is -3.75. The molecule has 1 aromatic heterocycles. The molecular weight excluding hydrogens is 392 g/mol. The van der Waals surface area contributed by atoms with E-state index in [9.17, 15) is 8.42 Å². The Hall–Kier alpha value is -1.65. The highest BCUT2D eigenvalue weighted by Gasteiger charge is 2.37. The lowest BCUT2D eigenvalue weighted by atomic mass is 10.2. The summed E-state index contributed by atoms with van der Waals surface area (Å²) < 4.78 is 40.8. The minimum Gasteiger partial charge on any atom is -0.490 e. The number of methoxy groups -OCH3 is 1. The second-order valence-corrected chi connectivity index (χ2v) is 7.88. The predicted octanol–water partition coefficient (Wildman–Crippen LogP) is 1.20. The molecule has 0 saturated carbocycles. The van der Waals surface area contributed by atoms with E-state index in [1.807, 2.05) is 17.8 Å². The first-order chi connectivity index (χ1) is 12.6. The maximum atomic E-state index is 13.4. The van der Waals surface area contributed by atoms with Crippen LogP contribution >= 0.6 is 12.4 Å². The van der Waals surface area contributed by atoms with Crippen molar-refractivity contribution in [3.63, 3.8) is 0 Å². The van der Waals surface area contributed by atoms with E-state index in [0.717, 1.165) is 0 Å². The lowest BCUT2D eigenvalue weighted by Crippen LogP contribution is -2.49. The Morgan fingerprint density at radius 3 is 2.78 bits per heavy atom. The molecule has 2 aromatic rings. The number of para-hydroxylation sites is 1. The van der Waals surface area contributed by atoms with Gasteiger partial charge in [-0.3, -0.25) is 0 Å². The fraction of sp³-hybridized carbons (Fsp3) is 0.471. The fourth-order valence-electron chi connectivity index (χ4n) is 3.04. The number of halogens is 1. The maximum Gasteiger partial charge on any atom is 0.247 e. The molecule has 1 aromatic carbocycles. The van der Waals surface area contributed by atoms with Crippen LogP contribution in [-0.2, 0) is 21.8 Å². The third-order valence-electron chi connectivity index (χ3n) is 4.33. The first-order valence-corrected chi connectivity index (χ1v) is 9.90. The summed E-state index contributed by atoms with van der Waals surface area (Å²) in [4.78, 5) is 4.51. The number of aryl methyl sites for hydroxylation is 1. The van der Waals surface area contributed by atoms with Crippen LogP contribution in [0.5, 0.6) is 5.75 Å². The molecule has 1 saturated heterocycles. The van der Waals surface area contributed by atoms with E-state index in [-0.39, 0.29) is 30.0 Å². The van der Waals surface area contributed by atoms with E-state index in [1.54, 1.807) is 37.6 Å². The standard InChI is InChI=1S/C17H24N4O4S.ClH/c1-20-9-8-19-17(20)14-13-18-7-10-21(14)26(22,23)16-6-4-3-5-15(16)25-12-11-24-2;/h3-6,8-9,14,18H,7,10-13H2,1-2H3;1H. The second-order valence-electron chi connectivity index (χ2n) is 6.02. The summed E-state index contributed by atoms with van der Waals surface area (Å²) in [5.41, 5.74) is 0. The molecule has 3 rings (SSSR count). The van der Waals surface area contributed by atoms with Gasteiger partial charge in [0.15, 0.2) is 0 Å². The van der Waals surface area contributed by atoms with Gasteiger partial charge in [0, 0.05) is 46.2 Å². The molecule has 1 fully saturated rings. The number of hydrogen-bond acceptors (Lipinski definition) is 6. The van der Waals surface area contributed by atoms with Gasteiger partial charge >= 0.3 is 0 Å². The molecule has 10 heteroatoms. The van der Waals surface area contributed by atoms with Crippen LogP contribution in [0.25, 0.3) is 0 Å². The highest BCUT2D eigenvalue weighted by Crippen LogP contribution is 2.32. The van der Waals surface area contributed by atoms with Crippen molar-refractivity contribution in [1.82, 2.24) is 19.2 Å². The smallest absolute Gasteiger partial charge is 0.247 e. The summed E-state index contributed by atoms with van der Waals surface area (Å²) in [5.74, 6) is 1.04. The van der Waals surface area contributed by atoms with Gasteiger partial charge in [0.25, 0.3) is 0 Å². The molecule has 8 nitrogen and oxygen atoms in total. The lowest BCUT2D eigenvalue weighted by molar-refractivity contribution is 0.144. The summed E-state index contributed by atoms with van der Waals surface area (Å²) in [6.45, 7) is 2.14. The zero-order valence-electron chi connectivity index (χ0n) is 15.4. The number of benzene rings is 1. The van der Waals surface area contributed by atoms with Crippen LogP contribution in [0.15, 0.2) is 41.6 Å². The van der Waals surface area contributed by atoms with E-state index >= 15 is 0 Å². The number of imidazole rings is 1. The molecule has 1 aliphatic rings. The zero-order valence-corrected chi connectivity index (χ0v) is 17.0. The SMILES string of the molecule is COCCOc1ccccc1S(=O)(=O)N1CCNCC1c1nccn1C.Cl. The molecule has 1 unspecified atom stereocenters. The van der Waals surface area contributed by atoms with E-state index < -0.39 is 10.0 Å². The summed E-state index contributed by atoms with van der Waals surface area (Å²) in [6.07, 6.45) is 3.49. The molecule has 0 aliphatic carbocycles. The van der Waals surface area contributed by atoms with E-state index in [1.165, 1.54) is 4.31 Å². The van der Waals surface area contributed by atoms with Crippen molar-refractivity contribution in [1.29, 1.82) is 0 Å². The molecule has 0 radical (unpaired) electrons. The van der Waals surface area contributed by atoms with Gasteiger partial charge < -0.3 is 19.4 Å². The van der Waals surface area contributed by atoms with Crippen molar-refractivity contribution in [2.45, 2.75) is 10.9 Å². The summed E-state index contributed by atoms with van der Waals surface area (Å²) in [5, 5.41) is 3.25. The van der Waals surface area contributed by atoms with Gasteiger partial charge in [-0.2, -0.15) is 4.31 Å². The molecule has 1 atom stereocenters. The molecule has 0 amide bonds. The first-order valence-electron chi connectivity index (χ1n) is 8.46. The number of nitrogens with zero attached hydrogens (tertiary/aromatic N) is 3. The Morgan fingerprint density at radius 1 is 1.30 bits per heavy atom. The number of nitrogens with one attached hydrogen (secondary N) is 1. The Morgan fingerprint density at radius 2 is 2.07 bits per heavy atom. The third kappa shape index (κ3) is 4.61. The lowest BCUT2D eigenvalue weighted by Gasteiger charge is -2.35. The van der Waals surface area contributed by atoms with Crippen LogP contribution in [0.4, 0.5) is 0 Å². The van der Waals surface area contributed by atoms with Crippen LogP contribution in [0.2, 0.25) is 0 Å². The van der Waals surface area contributed by atoms with E-state index in [0.29, 0.717) is 37.8 Å². The molecule has 27 heavy (non-hydrogen) atoms. The van der Waals surface area contributed by atoms with Crippen LogP contribution in [0, 0.1) is 0 Å². The Labute approximate surface area is 165 Å². The summed E-state index contributed by atoms with van der Waals surface area (Å²) in [7, 11) is -0.309. The monoisotopic (exact) mass is 416 g/mol. The Balaban J connectivity index is 0.00000261. The average Bonchev–Trinajstić information content (AvgIpc) is 3.08. The van der Waals surface area contributed by atoms with E-state index in [4.69, 9.17) is 9.47 Å². The minimum absolute atomic E-state index is 0. The average molecular weight is 417 g/mol. The topological polar surface area (TPSA) is 85.7 Å². The number of rotatable bonds is 7. The van der Waals surface area contributed by atoms with Crippen molar-refractivity contribution in [3.8, 4) is 5.75 Å². The van der Waals surface area contributed by atoms with Gasteiger partial charge in [-0.05, 0) is 12.1 Å². The van der Waals surface area contributed by atoms with Crippen molar-refractivity contribution >= 4 is 22.4 Å². The van der Waals surface area contributed by atoms with Gasteiger partial charge in [0.1, 0.15) is 23.1 Å². The van der Waals surface area contributed by atoms with Crippen molar-refractivity contribution in [2.75, 3.05) is 40.0 Å². The van der Waals surface area contributed by atoms with Gasteiger partial charge in [0.2, 0.25) is 10.0 Å². The fourth-order valence-corrected chi connectivity index (χ4v) is 4.76. The number of aromatic nitrogens is 2. The Bertz CT molecular complexity index is 843. The largest absolute Gasteiger partial charge is 0.490 e. The summed E-state index contributed by atoms with van der Waals surface area (Å²) in [6, 6.07) is 6.33. The molecule has 1 N–H and O–H groups in total. The molecular formula is C17H25ClN4O4S. The zero-order chi connectivity index (χ0) is 18.6. The first kappa shape index (κ1) is 21.6. The third-order valence-corrected chi connectivity index (χ3v) is 6.28. The quantitative estimate of drug-likeness (QED) is 0.683. The van der Waals surface area contributed by atoms with Crippen LogP contribution in [0.3, 0.4) is 0 Å². The number of piperazine rings is 1. The second kappa shape index (κ2) is 9.52. The van der Waals surface area contributed by atoms with Crippen molar-refractivity contribution in [2.24, 2.45) is 7.05 Å². The number of hydrogen-bond donors (Lipinski definition) is 1. The van der Waals surface area contributed by atoms with Crippen molar-refractivity contribution in [3.05, 3.63) is 42.5 Å². The van der Waals surface area contributed by atoms with Gasteiger partial charge in [-0.15, -0.1) is 12.4 Å². The maximum absolute atomic E-state index is 13.4. The van der Waals surface area contributed by atoms with Crippen LogP contribution < -0.4 is 10.1 Å². The Kier molecular flexibility index (Phi) is 7.63. The normalized spacial score (nSPS) is 18.1. The molecule has 0 bridgehead atoms. The van der Waals surface area contributed by atoms with Gasteiger partial charge in [0.05, 0.1) is 12.6 Å². The van der Waals surface area contributed by atoms with Gasteiger partial charge in [-0.25, -0.2) is 13.4 Å². The predicted molar refractivity (Wildman–Crippen MR) is 104 cm³/mol. The van der Waals surface area contributed by atoms with Crippen LogP contribution in [-0.4, -0.2) is 62.2 Å². The molecule has 1 aliphatic heterocycles. The number of ether oxygens (including phenoxy) is 2. The molecule has 150 valence electrons. The van der Waals surface area contributed by atoms with Crippen LogP contribution in [0.1, 0.15) is 11.9 Å². The van der Waals surface area contributed by atoms with E-state index in [2.05, 4.69) is 10.3 Å². The summed E-state index contributed by atoms with van der Waals surface area (Å²) >= 11 is 0. The highest BCUT2D eigenvalue weighted by atomic mass is 35.5.